The Bertz CT molecular complexity index is 334. The van der Waals surface area contributed by atoms with Gasteiger partial charge in [-0.25, -0.2) is 4.79 Å². The van der Waals surface area contributed by atoms with Crippen molar-refractivity contribution >= 4 is 6.03 Å². The highest BCUT2D eigenvalue weighted by Gasteiger charge is 2.38. The van der Waals surface area contributed by atoms with E-state index in [-0.39, 0.29) is 29.8 Å². The molecule has 1 saturated heterocycles. The molecule has 1 fully saturated rings. The molecule has 5 nitrogen and oxygen atoms in total. The van der Waals surface area contributed by atoms with Crippen LogP contribution in [0.15, 0.2) is 0 Å². The quantitative estimate of drug-likeness (QED) is 0.583. The van der Waals surface area contributed by atoms with Crippen molar-refractivity contribution in [2.75, 3.05) is 13.2 Å². The maximum absolute atomic E-state index is 12.1. The van der Waals surface area contributed by atoms with Gasteiger partial charge in [-0.15, -0.1) is 0 Å². The normalized spacial score (nSPS) is 22.1. The van der Waals surface area contributed by atoms with E-state index in [9.17, 15) is 4.79 Å². The number of amides is 2. The summed E-state index contributed by atoms with van der Waals surface area (Å²) in [5, 5.41) is 18.8. The number of aliphatic hydroxyl groups is 1. The van der Waals surface area contributed by atoms with E-state index in [1.54, 1.807) is 0 Å². The lowest BCUT2D eigenvalue weighted by Gasteiger charge is -2.46. The van der Waals surface area contributed by atoms with E-state index in [1.807, 2.05) is 0 Å². The van der Waals surface area contributed by atoms with Crippen molar-refractivity contribution in [3.8, 4) is 0 Å². The van der Waals surface area contributed by atoms with Crippen molar-refractivity contribution in [3.63, 3.8) is 0 Å². The molecule has 0 aromatic heterocycles. The molecule has 1 aliphatic heterocycles. The van der Waals surface area contributed by atoms with Crippen LogP contribution < -0.4 is 16.0 Å². The summed E-state index contributed by atoms with van der Waals surface area (Å²) in [6.07, 6.45) is 4.72. The number of carbonyl (C=O) groups excluding carboxylic acids is 1. The zero-order valence-electron chi connectivity index (χ0n) is 15.0. The second kappa shape index (κ2) is 8.16. The molecule has 0 saturated carbocycles. The van der Waals surface area contributed by atoms with Gasteiger partial charge in [-0.05, 0) is 59.3 Å². The number of aliphatic hydroxyl groups excluding tert-OH is 1. The van der Waals surface area contributed by atoms with E-state index in [0.29, 0.717) is 12.5 Å². The first-order valence-corrected chi connectivity index (χ1v) is 8.62. The minimum atomic E-state index is -0.0856. The number of urea groups is 1. The molecule has 130 valence electrons. The summed E-state index contributed by atoms with van der Waals surface area (Å²) in [6, 6.07) is 0.103. The van der Waals surface area contributed by atoms with Crippen molar-refractivity contribution < 1.29 is 9.90 Å². The lowest BCUT2D eigenvalue weighted by Crippen LogP contribution is -2.62. The topological polar surface area (TPSA) is 73.4 Å². The Labute approximate surface area is 135 Å². The Balaban J connectivity index is 2.43. The van der Waals surface area contributed by atoms with Crippen LogP contribution in [0.2, 0.25) is 0 Å². The third kappa shape index (κ3) is 6.97. The predicted octanol–water partition coefficient (Wildman–Crippen LogP) is 2.39. The summed E-state index contributed by atoms with van der Waals surface area (Å²) in [7, 11) is 0. The van der Waals surface area contributed by atoms with Gasteiger partial charge in [0.15, 0.2) is 0 Å². The third-order valence-corrected chi connectivity index (χ3v) is 4.31. The molecule has 1 aliphatic rings. The molecule has 5 heteroatoms. The summed E-state index contributed by atoms with van der Waals surface area (Å²) in [6.45, 7) is 11.7. The largest absolute Gasteiger partial charge is 0.396 e. The van der Waals surface area contributed by atoms with Gasteiger partial charge in [0.1, 0.15) is 0 Å². The van der Waals surface area contributed by atoms with E-state index < -0.39 is 0 Å². The number of carbonyl (C=O) groups is 1. The fourth-order valence-electron chi connectivity index (χ4n) is 3.84. The fourth-order valence-corrected chi connectivity index (χ4v) is 3.84. The van der Waals surface area contributed by atoms with Crippen LogP contribution in [0.1, 0.15) is 66.7 Å². The Morgan fingerprint density at radius 3 is 2.32 bits per heavy atom. The molecule has 0 bridgehead atoms. The van der Waals surface area contributed by atoms with Crippen molar-refractivity contribution in [2.45, 2.75) is 83.8 Å². The van der Waals surface area contributed by atoms with Gasteiger partial charge in [0, 0.05) is 30.3 Å². The van der Waals surface area contributed by atoms with Gasteiger partial charge in [-0.1, -0.05) is 13.3 Å². The second-order valence-corrected chi connectivity index (χ2v) is 8.02. The van der Waals surface area contributed by atoms with Crippen molar-refractivity contribution in [1.29, 1.82) is 0 Å². The highest BCUT2D eigenvalue weighted by Crippen LogP contribution is 2.28. The maximum Gasteiger partial charge on any atom is 0.315 e. The first-order chi connectivity index (χ1) is 10.2. The molecule has 0 spiro atoms. The zero-order chi connectivity index (χ0) is 16.8. The van der Waals surface area contributed by atoms with Gasteiger partial charge in [-0.2, -0.15) is 0 Å². The lowest BCUT2D eigenvalue weighted by molar-refractivity contribution is 0.147. The molecule has 0 radical (unpaired) electrons. The van der Waals surface area contributed by atoms with Crippen LogP contribution in [0.25, 0.3) is 0 Å². The molecular formula is C17H35N3O2. The maximum atomic E-state index is 12.1. The summed E-state index contributed by atoms with van der Waals surface area (Å²) in [5.41, 5.74) is 0.0582. The van der Waals surface area contributed by atoms with Crippen LogP contribution >= 0.6 is 0 Å². The van der Waals surface area contributed by atoms with Gasteiger partial charge in [0.2, 0.25) is 0 Å². The van der Waals surface area contributed by atoms with Crippen LogP contribution in [-0.4, -0.2) is 41.4 Å². The molecule has 1 atom stereocenters. The van der Waals surface area contributed by atoms with Crippen molar-refractivity contribution in [2.24, 2.45) is 5.92 Å². The Kier molecular flexibility index (Phi) is 7.13. The van der Waals surface area contributed by atoms with Crippen LogP contribution in [-0.2, 0) is 0 Å². The van der Waals surface area contributed by atoms with Crippen LogP contribution in [0.3, 0.4) is 0 Å². The summed E-state index contributed by atoms with van der Waals surface area (Å²) < 4.78 is 0. The Morgan fingerprint density at radius 1 is 1.23 bits per heavy atom. The van der Waals surface area contributed by atoms with Gasteiger partial charge >= 0.3 is 6.03 Å². The number of rotatable bonds is 7. The minimum Gasteiger partial charge on any atom is -0.396 e. The molecule has 0 aromatic carbocycles. The van der Waals surface area contributed by atoms with Crippen LogP contribution in [0.5, 0.6) is 0 Å². The van der Waals surface area contributed by atoms with Gasteiger partial charge in [-0.3, -0.25) is 0 Å². The third-order valence-electron chi connectivity index (χ3n) is 4.31. The molecule has 0 aliphatic carbocycles. The first kappa shape index (κ1) is 19.2. The highest BCUT2D eigenvalue weighted by molar-refractivity contribution is 5.74. The SMILES string of the molecule is CCCC(CCO)CNC(=O)NC1CC(C)(C)NC(C)(C)C1. The number of nitrogens with one attached hydrogen (secondary N) is 3. The first-order valence-electron chi connectivity index (χ1n) is 8.62. The molecule has 0 aromatic rings. The average Bonchev–Trinajstić information content (AvgIpc) is 2.32. The summed E-state index contributed by atoms with van der Waals surface area (Å²) in [5.74, 6) is 0.363. The van der Waals surface area contributed by atoms with E-state index in [1.165, 1.54) is 0 Å². The molecule has 1 heterocycles. The lowest BCUT2D eigenvalue weighted by atomic mass is 9.80. The molecule has 1 rings (SSSR count). The number of piperidine rings is 1. The summed E-state index contributed by atoms with van der Waals surface area (Å²) >= 11 is 0. The average molecular weight is 313 g/mol. The smallest absolute Gasteiger partial charge is 0.315 e. The Morgan fingerprint density at radius 2 is 1.82 bits per heavy atom. The molecule has 22 heavy (non-hydrogen) atoms. The molecule has 4 N–H and O–H groups in total. The highest BCUT2D eigenvalue weighted by atomic mass is 16.3. The zero-order valence-corrected chi connectivity index (χ0v) is 15.0. The second-order valence-electron chi connectivity index (χ2n) is 8.02. The van der Waals surface area contributed by atoms with Gasteiger partial charge in [0.25, 0.3) is 0 Å². The van der Waals surface area contributed by atoms with Crippen molar-refractivity contribution in [1.82, 2.24) is 16.0 Å². The number of hydrogen-bond donors (Lipinski definition) is 4. The van der Waals surface area contributed by atoms with E-state index in [2.05, 4.69) is 50.6 Å². The van der Waals surface area contributed by atoms with E-state index in [0.717, 1.165) is 32.1 Å². The Hall–Kier alpha value is -0.810. The van der Waals surface area contributed by atoms with Crippen molar-refractivity contribution in [3.05, 3.63) is 0 Å². The summed E-state index contributed by atoms with van der Waals surface area (Å²) in [4.78, 5) is 12.1. The monoisotopic (exact) mass is 313 g/mol. The molecule has 2 amide bonds. The molecule has 1 unspecified atom stereocenters. The molecular weight excluding hydrogens is 278 g/mol. The number of hydrogen-bond acceptors (Lipinski definition) is 3. The van der Waals surface area contributed by atoms with E-state index >= 15 is 0 Å². The van der Waals surface area contributed by atoms with Crippen LogP contribution in [0, 0.1) is 5.92 Å². The predicted molar refractivity (Wildman–Crippen MR) is 91.0 cm³/mol. The van der Waals surface area contributed by atoms with Gasteiger partial charge in [0.05, 0.1) is 0 Å². The van der Waals surface area contributed by atoms with Gasteiger partial charge < -0.3 is 21.1 Å². The fraction of sp³-hybridized carbons (Fsp3) is 0.941. The standard InChI is InChI=1S/C17H35N3O2/c1-6-7-13(8-9-21)12-18-15(22)19-14-10-16(2,3)20-17(4,5)11-14/h13-14,20-21H,6-12H2,1-5H3,(H2,18,19,22). The van der Waals surface area contributed by atoms with Crippen LogP contribution in [0.4, 0.5) is 4.79 Å². The van der Waals surface area contributed by atoms with E-state index in [4.69, 9.17) is 5.11 Å². The minimum absolute atomic E-state index is 0.0291.